The number of benzene rings is 2. The third kappa shape index (κ3) is 4.03. The largest absolute Gasteiger partial charge is 0.394 e. The lowest BCUT2D eigenvalue weighted by Crippen LogP contribution is -2.42. The molecule has 0 aliphatic carbocycles. The van der Waals surface area contributed by atoms with Crippen molar-refractivity contribution in [3.8, 4) is 0 Å². The van der Waals surface area contributed by atoms with Crippen molar-refractivity contribution in [2.45, 2.75) is 32.5 Å². The second-order valence-corrected chi connectivity index (χ2v) is 7.34. The molecule has 0 radical (unpaired) electrons. The van der Waals surface area contributed by atoms with Gasteiger partial charge in [-0.25, -0.2) is 4.39 Å². The molecule has 3 aromatic rings. The van der Waals surface area contributed by atoms with Crippen LogP contribution in [-0.2, 0) is 13.1 Å². The first-order valence-electron chi connectivity index (χ1n) is 8.26. The Balaban J connectivity index is 1.93. The summed E-state index contributed by atoms with van der Waals surface area (Å²) < 4.78 is 15.4. The molecule has 1 aromatic heterocycles. The molecular formula is C20H22ClFN2O. The van der Waals surface area contributed by atoms with E-state index in [1.54, 1.807) is 6.07 Å². The van der Waals surface area contributed by atoms with Gasteiger partial charge in [0.1, 0.15) is 5.82 Å². The van der Waals surface area contributed by atoms with Gasteiger partial charge in [-0.1, -0.05) is 35.9 Å². The Hall–Kier alpha value is -1.88. The van der Waals surface area contributed by atoms with Crippen LogP contribution in [0.3, 0.4) is 0 Å². The molecule has 0 saturated heterocycles. The fourth-order valence-corrected chi connectivity index (χ4v) is 3.05. The molecule has 5 heteroatoms. The number of para-hydroxylation sites is 1. The topological polar surface area (TPSA) is 37.2 Å². The van der Waals surface area contributed by atoms with E-state index in [-0.39, 0.29) is 18.0 Å². The van der Waals surface area contributed by atoms with Gasteiger partial charge in [0.05, 0.1) is 6.61 Å². The van der Waals surface area contributed by atoms with Gasteiger partial charge < -0.3 is 15.0 Å². The first-order chi connectivity index (χ1) is 11.9. The summed E-state index contributed by atoms with van der Waals surface area (Å²) in [4.78, 5) is 0. The lowest BCUT2D eigenvalue weighted by atomic mass is 10.1. The van der Waals surface area contributed by atoms with E-state index in [1.165, 1.54) is 12.1 Å². The lowest BCUT2D eigenvalue weighted by Gasteiger charge is -2.23. The fourth-order valence-electron chi connectivity index (χ4n) is 2.82. The summed E-state index contributed by atoms with van der Waals surface area (Å²) in [5, 5.41) is 14.4. The number of halogens is 2. The molecule has 3 nitrogen and oxygen atoms in total. The van der Waals surface area contributed by atoms with E-state index in [0.29, 0.717) is 18.1 Å². The monoisotopic (exact) mass is 360 g/mol. The van der Waals surface area contributed by atoms with E-state index in [0.717, 1.165) is 22.0 Å². The van der Waals surface area contributed by atoms with Gasteiger partial charge in [0.15, 0.2) is 0 Å². The van der Waals surface area contributed by atoms with Crippen LogP contribution in [0.4, 0.5) is 4.39 Å². The minimum absolute atomic E-state index is 0.0663. The Labute approximate surface area is 152 Å². The SMILES string of the molecule is CC(C)(CO)NCc1cn(Cc2ccc(F)cc2Cl)c2ccccc12. The summed E-state index contributed by atoms with van der Waals surface area (Å²) in [5.74, 6) is -0.331. The van der Waals surface area contributed by atoms with Gasteiger partial charge in [-0.2, -0.15) is 0 Å². The molecular weight excluding hydrogens is 339 g/mol. The van der Waals surface area contributed by atoms with Crippen molar-refractivity contribution in [3.63, 3.8) is 0 Å². The predicted molar refractivity (Wildman–Crippen MR) is 100 cm³/mol. The zero-order valence-electron chi connectivity index (χ0n) is 14.4. The molecule has 0 aliphatic heterocycles. The van der Waals surface area contributed by atoms with Crippen molar-refractivity contribution in [1.29, 1.82) is 0 Å². The van der Waals surface area contributed by atoms with Crippen LogP contribution in [-0.4, -0.2) is 21.8 Å². The number of aliphatic hydroxyl groups excluding tert-OH is 1. The maximum Gasteiger partial charge on any atom is 0.124 e. The Morgan fingerprint density at radius 2 is 1.92 bits per heavy atom. The zero-order chi connectivity index (χ0) is 18.0. The molecule has 25 heavy (non-hydrogen) atoms. The minimum atomic E-state index is -0.344. The first-order valence-corrected chi connectivity index (χ1v) is 8.64. The van der Waals surface area contributed by atoms with E-state index >= 15 is 0 Å². The molecule has 0 amide bonds. The molecule has 0 bridgehead atoms. The molecule has 0 aliphatic rings. The van der Waals surface area contributed by atoms with Crippen molar-refractivity contribution in [2.75, 3.05) is 6.61 Å². The highest BCUT2D eigenvalue weighted by Gasteiger charge is 2.17. The molecule has 1 heterocycles. The molecule has 3 rings (SSSR count). The number of aliphatic hydroxyl groups is 1. The van der Waals surface area contributed by atoms with Crippen LogP contribution < -0.4 is 5.32 Å². The second-order valence-electron chi connectivity index (χ2n) is 6.93. The highest BCUT2D eigenvalue weighted by atomic mass is 35.5. The summed E-state index contributed by atoms with van der Waals surface area (Å²) in [7, 11) is 0. The smallest absolute Gasteiger partial charge is 0.124 e. The van der Waals surface area contributed by atoms with Gasteiger partial charge in [-0.05, 0) is 43.2 Å². The van der Waals surface area contributed by atoms with E-state index in [1.807, 2.05) is 26.0 Å². The fraction of sp³-hybridized carbons (Fsp3) is 0.300. The molecule has 0 unspecified atom stereocenters. The van der Waals surface area contributed by atoms with Gasteiger partial charge in [0.25, 0.3) is 0 Å². The summed E-state index contributed by atoms with van der Waals surface area (Å²) in [6, 6.07) is 12.7. The molecule has 0 fully saturated rings. The minimum Gasteiger partial charge on any atom is -0.394 e. The average molecular weight is 361 g/mol. The maximum atomic E-state index is 13.3. The zero-order valence-corrected chi connectivity index (χ0v) is 15.1. The number of fused-ring (bicyclic) bond motifs is 1. The van der Waals surface area contributed by atoms with E-state index in [9.17, 15) is 9.50 Å². The van der Waals surface area contributed by atoms with Crippen LogP contribution in [0.1, 0.15) is 25.0 Å². The van der Waals surface area contributed by atoms with Gasteiger partial charge in [-0.3, -0.25) is 0 Å². The van der Waals surface area contributed by atoms with Crippen molar-refractivity contribution >= 4 is 22.5 Å². The quantitative estimate of drug-likeness (QED) is 0.686. The Kier molecular flexibility index (Phi) is 5.13. The summed E-state index contributed by atoms with van der Waals surface area (Å²) in [5.41, 5.74) is 2.78. The predicted octanol–water partition coefficient (Wildman–Crippen LogP) is 4.34. The second kappa shape index (κ2) is 7.16. The first kappa shape index (κ1) is 17.9. The molecule has 0 spiro atoms. The number of nitrogens with one attached hydrogen (secondary N) is 1. The van der Waals surface area contributed by atoms with E-state index in [4.69, 9.17) is 11.6 Å². The van der Waals surface area contributed by atoms with Crippen LogP contribution in [0.15, 0.2) is 48.7 Å². The number of hydrogen-bond acceptors (Lipinski definition) is 2. The number of hydrogen-bond donors (Lipinski definition) is 2. The van der Waals surface area contributed by atoms with E-state index < -0.39 is 0 Å². The normalized spacial score (nSPS) is 12.0. The number of nitrogens with zero attached hydrogens (tertiary/aromatic N) is 1. The average Bonchev–Trinajstić information content (AvgIpc) is 2.94. The van der Waals surface area contributed by atoms with Crippen LogP contribution >= 0.6 is 11.6 Å². The van der Waals surface area contributed by atoms with E-state index in [2.05, 4.69) is 28.2 Å². The van der Waals surface area contributed by atoms with Crippen molar-refractivity contribution in [2.24, 2.45) is 0 Å². The third-order valence-electron chi connectivity index (χ3n) is 4.38. The number of rotatable bonds is 6. The molecule has 0 saturated carbocycles. The Bertz CT molecular complexity index is 889. The standard InChI is InChI=1S/C20H22ClFN2O/c1-20(2,13-25)23-10-15-12-24(19-6-4-3-5-17(15)19)11-14-7-8-16(22)9-18(14)21/h3-9,12,23,25H,10-11,13H2,1-2H3. The summed E-state index contributed by atoms with van der Waals surface area (Å²) in [6.45, 7) is 5.22. The van der Waals surface area contributed by atoms with Crippen molar-refractivity contribution in [1.82, 2.24) is 9.88 Å². The summed E-state index contributed by atoms with van der Waals surface area (Å²) in [6.07, 6.45) is 2.09. The van der Waals surface area contributed by atoms with Gasteiger partial charge >= 0.3 is 0 Å². The van der Waals surface area contributed by atoms with Crippen molar-refractivity contribution in [3.05, 3.63) is 70.6 Å². The van der Waals surface area contributed by atoms with Crippen LogP contribution in [0.5, 0.6) is 0 Å². The Morgan fingerprint density at radius 3 is 2.64 bits per heavy atom. The van der Waals surface area contributed by atoms with Gasteiger partial charge in [-0.15, -0.1) is 0 Å². The van der Waals surface area contributed by atoms with Crippen LogP contribution in [0, 0.1) is 5.82 Å². The molecule has 2 aromatic carbocycles. The Morgan fingerprint density at radius 1 is 1.16 bits per heavy atom. The van der Waals surface area contributed by atoms with Crippen molar-refractivity contribution < 1.29 is 9.50 Å². The van der Waals surface area contributed by atoms with Crippen LogP contribution in [0.2, 0.25) is 5.02 Å². The molecule has 2 N–H and O–H groups in total. The molecule has 0 atom stereocenters. The highest BCUT2D eigenvalue weighted by molar-refractivity contribution is 6.31. The number of aromatic nitrogens is 1. The lowest BCUT2D eigenvalue weighted by molar-refractivity contribution is 0.187. The third-order valence-corrected chi connectivity index (χ3v) is 4.73. The summed E-state index contributed by atoms with van der Waals surface area (Å²) >= 11 is 6.18. The van der Waals surface area contributed by atoms with Gasteiger partial charge in [0, 0.05) is 40.8 Å². The highest BCUT2D eigenvalue weighted by Crippen LogP contribution is 2.25. The molecule has 132 valence electrons. The van der Waals surface area contributed by atoms with Crippen LogP contribution in [0.25, 0.3) is 10.9 Å². The van der Waals surface area contributed by atoms with Gasteiger partial charge in [0.2, 0.25) is 0 Å². The maximum absolute atomic E-state index is 13.3.